The zero-order valence-corrected chi connectivity index (χ0v) is 12.6. The maximum atomic E-state index is 12.6. The van der Waals surface area contributed by atoms with E-state index in [0.29, 0.717) is 19.4 Å². The number of hydrogen-bond donors (Lipinski definition) is 0. The Kier molecular flexibility index (Phi) is 5.20. The van der Waals surface area contributed by atoms with Crippen LogP contribution in [0.4, 0.5) is 39.5 Å². The molecule has 0 spiro atoms. The SMILES string of the molecule is CN1C=CN(CC(F)(F)F)C1N(C(=O)C(F)(F)F)S(=O)(=O)C(F)(F)F. The number of sulfonamides is 1. The summed E-state index contributed by atoms with van der Waals surface area (Å²) in [5.74, 6) is -3.49. The van der Waals surface area contributed by atoms with Crippen LogP contribution in [0.25, 0.3) is 0 Å². The molecule has 146 valence electrons. The molecule has 16 heteroatoms. The average molecular weight is 409 g/mol. The van der Waals surface area contributed by atoms with Crippen molar-refractivity contribution in [1.82, 2.24) is 14.1 Å². The maximum absolute atomic E-state index is 12.6. The molecule has 0 bridgehead atoms. The van der Waals surface area contributed by atoms with Gasteiger partial charge in [-0.15, -0.1) is 0 Å². The molecule has 0 N–H and O–H groups in total. The van der Waals surface area contributed by atoms with Crippen LogP contribution < -0.4 is 0 Å². The molecule has 0 aromatic carbocycles. The summed E-state index contributed by atoms with van der Waals surface area (Å²) in [6, 6.07) is 0. The first-order chi connectivity index (χ1) is 10.9. The fourth-order valence-corrected chi connectivity index (χ4v) is 2.86. The summed E-state index contributed by atoms with van der Waals surface area (Å²) >= 11 is 0. The van der Waals surface area contributed by atoms with E-state index in [2.05, 4.69) is 0 Å². The third kappa shape index (κ3) is 4.40. The lowest BCUT2D eigenvalue weighted by atomic mass is 10.5. The summed E-state index contributed by atoms with van der Waals surface area (Å²) in [6.45, 7) is -2.10. The minimum Gasteiger partial charge on any atom is -0.341 e. The average Bonchev–Trinajstić information content (AvgIpc) is 2.67. The molecule has 0 aliphatic carbocycles. The topological polar surface area (TPSA) is 60.9 Å². The molecule has 0 radical (unpaired) electrons. The lowest BCUT2D eigenvalue weighted by molar-refractivity contribution is -0.191. The van der Waals surface area contributed by atoms with Crippen molar-refractivity contribution in [2.45, 2.75) is 24.2 Å². The molecule has 1 rings (SSSR count). The fraction of sp³-hybridized carbons (Fsp3) is 0.667. The van der Waals surface area contributed by atoms with Gasteiger partial charge in [-0.05, 0) is 0 Å². The van der Waals surface area contributed by atoms with Gasteiger partial charge in [0.25, 0.3) is 0 Å². The third-order valence-corrected chi connectivity index (χ3v) is 4.18. The number of amides is 1. The predicted octanol–water partition coefficient (Wildman–Crippen LogP) is 1.79. The molecular weight excluding hydrogens is 401 g/mol. The van der Waals surface area contributed by atoms with E-state index in [1.165, 1.54) is 0 Å². The predicted molar refractivity (Wildman–Crippen MR) is 61.3 cm³/mol. The van der Waals surface area contributed by atoms with Crippen molar-refractivity contribution >= 4 is 15.9 Å². The van der Waals surface area contributed by atoms with Gasteiger partial charge in [0, 0.05) is 19.4 Å². The Morgan fingerprint density at radius 3 is 1.88 bits per heavy atom. The molecule has 0 saturated carbocycles. The molecule has 25 heavy (non-hydrogen) atoms. The van der Waals surface area contributed by atoms with Crippen LogP contribution in [0, 0.1) is 0 Å². The second-order valence-electron chi connectivity index (χ2n) is 4.65. The van der Waals surface area contributed by atoms with E-state index in [9.17, 15) is 52.7 Å². The summed E-state index contributed by atoms with van der Waals surface area (Å²) in [4.78, 5) is 11.3. The standard InChI is InChI=1S/C9H8F9N3O3S/c1-19-2-3-20(4-7(10,11)12)6(19)21(5(22)8(13,14)15)25(23,24)9(16,17)18/h2-3,6H,4H2,1H3. The van der Waals surface area contributed by atoms with Crippen LogP contribution >= 0.6 is 0 Å². The van der Waals surface area contributed by atoms with Crippen LogP contribution in [0.1, 0.15) is 0 Å². The van der Waals surface area contributed by atoms with Gasteiger partial charge in [-0.3, -0.25) is 4.79 Å². The van der Waals surface area contributed by atoms with E-state index >= 15 is 0 Å². The normalized spacial score (nSPS) is 19.5. The first-order valence-electron chi connectivity index (χ1n) is 5.84. The van der Waals surface area contributed by atoms with Crippen LogP contribution in [-0.4, -0.2) is 66.2 Å². The Morgan fingerprint density at radius 1 is 1.04 bits per heavy atom. The summed E-state index contributed by atoms with van der Waals surface area (Å²) < 4.78 is 134. The molecule has 0 fully saturated rings. The summed E-state index contributed by atoms with van der Waals surface area (Å²) in [5, 5.41) is 0. The molecule has 0 saturated heterocycles. The number of hydrogen-bond acceptors (Lipinski definition) is 5. The van der Waals surface area contributed by atoms with Crippen molar-refractivity contribution < 1.29 is 52.7 Å². The number of carbonyl (C=O) groups excluding carboxylic acids is 1. The molecule has 0 aromatic heterocycles. The Bertz CT molecular complexity index is 652. The van der Waals surface area contributed by atoms with Crippen LogP contribution in [0.15, 0.2) is 12.4 Å². The van der Waals surface area contributed by atoms with E-state index in [4.69, 9.17) is 0 Å². The summed E-state index contributed by atoms with van der Waals surface area (Å²) in [6.07, 6.45) is -13.1. The van der Waals surface area contributed by atoms with Crippen molar-refractivity contribution in [1.29, 1.82) is 0 Å². The summed E-state index contributed by atoms with van der Waals surface area (Å²) in [5.41, 5.74) is -6.36. The van der Waals surface area contributed by atoms with Gasteiger partial charge in [-0.25, -0.2) is 0 Å². The third-order valence-electron chi connectivity index (χ3n) is 2.72. The highest BCUT2D eigenvalue weighted by molar-refractivity contribution is 7.90. The number of alkyl halides is 9. The lowest BCUT2D eigenvalue weighted by Crippen LogP contribution is -2.62. The van der Waals surface area contributed by atoms with Crippen molar-refractivity contribution in [3.05, 3.63) is 12.4 Å². The van der Waals surface area contributed by atoms with Crippen LogP contribution in [0.3, 0.4) is 0 Å². The molecule has 1 unspecified atom stereocenters. The Labute approximate surface area is 134 Å². The van der Waals surface area contributed by atoms with Gasteiger partial charge in [0.15, 0.2) is 6.29 Å². The van der Waals surface area contributed by atoms with E-state index in [0.717, 1.165) is 0 Å². The van der Waals surface area contributed by atoms with Crippen molar-refractivity contribution in [3.8, 4) is 0 Å². The Balaban J connectivity index is 3.49. The first-order valence-corrected chi connectivity index (χ1v) is 7.28. The molecule has 1 atom stereocenters. The fourth-order valence-electron chi connectivity index (χ4n) is 1.79. The minimum absolute atomic E-state index is 0.201. The lowest BCUT2D eigenvalue weighted by Gasteiger charge is -2.38. The Hall–Kier alpha value is -1.87. The molecule has 1 heterocycles. The van der Waals surface area contributed by atoms with E-state index < -0.39 is 50.9 Å². The quantitative estimate of drug-likeness (QED) is 0.666. The van der Waals surface area contributed by atoms with Gasteiger partial charge in [0.05, 0.1) is 0 Å². The molecule has 6 nitrogen and oxygen atoms in total. The van der Waals surface area contributed by atoms with Gasteiger partial charge in [-0.2, -0.15) is 52.2 Å². The van der Waals surface area contributed by atoms with Gasteiger partial charge in [-0.1, -0.05) is 0 Å². The number of rotatable bonds is 3. The van der Waals surface area contributed by atoms with Crippen molar-refractivity contribution in [3.63, 3.8) is 0 Å². The minimum atomic E-state index is -6.95. The van der Waals surface area contributed by atoms with E-state index in [-0.39, 0.29) is 9.80 Å². The summed E-state index contributed by atoms with van der Waals surface area (Å²) in [7, 11) is -6.26. The zero-order chi connectivity index (χ0) is 20.0. The second-order valence-corrected chi connectivity index (χ2v) is 6.45. The number of nitrogens with zero attached hydrogens (tertiary/aromatic N) is 3. The second kappa shape index (κ2) is 6.14. The van der Waals surface area contributed by atoms with Gasteiger partial charge >= 0.3 is 33.8 Å². The van der Waals surface area contributed by atoms with Gasteiger partial charge < -0.3 is 9.80 Å². The number of carbonyl (C=O) groups is 1. The first kappa shape index (κ1) is 21.2. The monoisotopic (exact) mass is 409 g/mol. The van der Waals surface area contributed by atoms with Crippen LogP contribution in [0.5, 0.6) is 0 Å². The van der Waals surface area contributed by atoms with Crippen molar-refractivity contribution in [2.75, 3.05) is 13.6 Å². The highest BCUT2D eigenvalue weighted by atomic mass is 32.2. The Morgan fingerprint density at radius 2 is 1.52 bits per heavy atom. The highest BCUT2D eigenvalue weighted by Crippen LogP contribution is 2.35. The molecule has 1 amide bonds. The van der Waals surface area contributed by atoms with Crippen LogP contribution in [-0.2, 0) is 14.8 Å². The van der Waals surface area contributed by atoms with Gasteiger partial charge in [0.1, 0.15) is 6.54 Å². The zero-order valence-electron chi connectivity index (χ0n) is 11.8. The molecular formula is C9H8F9N3O3S. The molecule has 0 aromatic rings. The molecule has 1 aliphatic rings. The van der Waals surface area contributed by atoms with E-state index in [1.807, 2.05) is 0 Å². The van der Waals surface area contributed by atoms with Gasteiger partial charge in [0.2, 0.25) is 0 Å². The maximum Gasteiger partial charge on any atom is 0.516 e. The van der Waals surface area contributed by atoms with Crippen molar-refractivity contribution in [2.24, 2.45) is 0 Å². The van der Waals surface area contributed by atoms with Crippen LogP contribution in [0.2, 0.25) is 0 Å². The molecule has 1 aliphatic heterocycles. The largest absolute Gasteiger partial charge is 0.516 e. The van der Waals surface area contributed by atoms with E-state index in [1.54, 1.807) is 0 Å². The highest BCUT2D eigenvalue weighted by Gasteiger charge is 2.61. The number of halogens is 9. The smallest absolute Gasteiger partial charge is 0.341 e.